The summed E-state index contributed by atoms with van der Waals surface area (Å²) in [7, 11) is 0. The van der Waals surface area contributed by atoms with Gasteiger partial charge in [-0.05, 0) is 12.8 Å². The minimum Gasteiger partial charge on any atom is -0.307 e. The van der Waals surface area contributed by atoms with E-state index in [-0.39, 0.29) is 0 Å². The molecule has 2 heterocycles. The van der Waals surface area contributed by atoms with Crippen molar-refractivity contribution in [2.75, 3.05) is 0 Å². The van der Waals surface area contributed by atoms with Gasteiger partial charge in [-0.2, -0.15) is 0 Å². The van der Waals surface area contributed by atoms with Gasteiger partial charge in [-0.25, -0.2) is 0 Å². The van der Waals surface area contributed by atoms with Gasteiger partial charge in [-0.3, -0.25) is 9.38 Å². The van der Waals surface area contributed by atoms with Gasteiger partial charge in [0.05, 0.1) is 12.7 Å². The minimum absolute atomic E-state index is 0.661. The van der Waals surface area contributed by atoms with E-state index < -0.39 is 0 Å². The Hall–Kier alpha value is -1.49. The molecule has 0 amide bonds. The van der Waals surface area contributed by atoms with E-state index >= 15 is 0 Å². The summed E-state index contributed by atoms with van der Waals surface area (Å²) in [6.07, 6.45) is 10.7. The van der Waals surface area contributed by atoms with Crippen LogP contribution in [0.2, 0.25) is 0 Å². The first-order chi connectivity index (χ1) is 7.93. The maximum absolute atomic E-state index is 4.17. The molecule has 0 bridgehead atoms. The zero-order valence-corrected chi connectivity index (χ0v) is 9.13. The monoisotopic (exact) mass is 217 g/mol. The molecule has 1 saturated carbocycles. The van der Waals surface area contributed by atoms with Crippen LogP contribution >= 0.6 is 0 Å². The van der Waals surface area contributed by atoms with Crippen LogP contribution in [-0.4, -0.2) is 25.6 Å². The number of fused-ring (bicyclic) bond motifs is 1. The molecule has 0 spiro atoms. The third-order valence-electron chi connectivity index (χ3n) is 3.19. The van der Waals surface area contributed by atoms with E-state index in [1.807, 2.05) is 10.6 Å². The second kappa shape index (κ2) is 4.17. The van der Waals surface area contributed by atoms with Crippen molar-refractivity contribution in [3.05, 3.63) is 24.4 Å². The maximum Gasteiger partial charge on any atom is 0.179 e. The summed E-state index contributed by atoms with van der Waals surface area (Å²) in [6.45, 7) is 0.788. The highest BCUT2D eigenvalue weighted by Crippen LogP contribution is 2.17. The molecule has 0 aromatic carbocycles. The van der Waals surface area contributed by atoms with Crippen LogP contribution in [0.4, 0.5) is 0 Å². The Balaban J connectivity index is 1.73. The van der Waals surface area contributed by atoms with E-state index in [1.54, 1.807) is 12.4 Å². The van der Waals surface area contributed by atoms with Gasteiger partial charge >= 0.3 is 0 Å². The molecule has 1 fully saturated rings. The van der Waals surface area contributed by atoms with E-state index in [2.05, 4.69) is 20.5 Å². The van der Waals surface area contributed by atoms with Gasteiger partial charge in [-0.1, -0.05) is 12.8 Å². The highest BCUT2D eigenvalue weighted by Gasteiger charge is 2.15. The number of nitrogens with one attached hydrogen (secondary N) is 1. The zero-order chi connectivity index (χ0) is 10.8. The van der Waals surface area contributed by atoms with Crippen LogP contribution in [0.15, 0.2) is 18.6 Å². The molecule has 0 radical (unpaired) electrons. The molecule has 16 heavy (non-hydrogen) atoms. The summed E-state index contributed by atoms with van der Waals surface area (Å²) >= 11 is 0. The Morgan fingerprint density at radius 3 is 3.06 bits per heavy atom. The molecule has 0 aliphatic heterocycles. The molecule has 0 unspecified atom stereocenters. The van der Waals surface area contributed by atoms with E-state index in [0.717, 1.165) is 18.0 Å². The van der Waals surface area contributed by atoms with Crippen molar-refractivity contribution in [3.8, 4) is 0 Å². The average molecular weight is 217 g/mol. The summed E-state index contributed by atoms with van der Waals surface area (Å²) in [5.41, 5.74) is 0.811. The Labute approximate surface area is 93.9 Å². The molecule has 2 aromatic rings. The second-order valence-electron chi connectivity index (χ2n) is 4.28. The quantitative estimate of drug-likeness (QED) is 0.838. The Morgan fingerprint density at radius 1 is 1.31 bits per heavy atom. The molecule has 5 heteroatoms. The van der Waals surface area contributed by atoms with Crippen LogP contribution in [0.25, 0.3) is 5.65 Å². The Kier molecular flexibility index (Phi) is 2.53. The van der Waals surface area contributed by atoms with Crippen LogP contribution in [0.5, 0.6) is 0 Å². The first-order valence-electron chi connectivity index (χ1n) is 5.80. The lowest BCUT2D eigenvalue weighted by Gasteiger charge is -2.10. The normalized spacial score (nSPS) is 17.2. The molecule has 0 saturated heterocycles. The molecule has 2 aromatic heterocycles. The lowest BCUT2D eigenvalue weighted by atomic mass is 10.2. The number of rotatable bonds is 3. The van der Waals surface area contributed by atoms with E-state index in [1.165, 1.54) is 25.7 Å². The average Bonchev–Trinajstić information content (AvgIpc) is 2.96. The highest BCUT2D eigenvalue weighted by atomic mass is 15.3. The van der Waals surface area contributed by atoms with Crippen molar-refractivity contribution in [2.45, 2.75) is 38.3 Å². The van der Waals surface area contributed by atoms with Gasteiger partial charge in [0.2, 0.25) is 0 Å². The minimum atomic E-state index is 0.661. The number of nitrogens with zero attached hydrogens (tertiary/aromatic N) is 4. The first kappa shape index (κ1) is 9.72. The van der Waals surface area contributed by atoms with Crippen molar-refractivity contribution in [3.63, 3.8) is 0 Å². The largest absolute Gasteiger partial charge is 0.307 e. The van der Waals surface area contributed by atoms with Gasteiger partial charge < -0.3 is 5.32 Å². The highest BCUT2D eigenvalue weighted by molar-refractivity contribution is 5.33. The third-order valence-corrected chi connectivity index (χ3v) is 3.19. The predicted molar refractivity (Wildman–Crippen MR) is 59.9 cm³/mol. The second-order valence-corrected chi connectivity index (χ2v) is 4.28. The summed E-state index contributed by atoms with van der Waals surface area (Å²) in [6, 6.07) is 0.661. The molecule has 3 rings (SSSR count). The summed E-state index contributed by atoms with van der Waals surface area (Å²) in [5.74, 6) is 0.962. The summed E-state index contributed by atoms with van der Waals surface area (Å²) in [4.78, 5) is 4.02. The smallest absolute Gasteiger partial charge is 0.179 e. The van der Waals surface area contributed by atoms with Crippen molar-refractivity contribution >= 4 is 5.65 Å². The van der Waals surface area contributed by atoms with Crippen molar-refractivity contribution < 1.29 is 0 Å². The van der Waals surface area contributed by atoms with Crippen molar-refractivity contribution in [1.82, 2.24) is 24.9 Å². The van der Waals surface area contributed by atoms with Crippen molar-refractivity contribution in [2.24, 2.45) is 0 Å². The van der Waals surface area contributed by atoms with Crippen LogP contribution in [0.3, 0.4) is 0 Å². The van der Waals surface area contributed by atoms with Crippen LogP contribution in [-0.2, 0) is 6.54 Å². The van der Waals surface area contributed by atoms with E-state index in [0.29, 0.717) is 6.04 Å². The van der Waals surface area contributed by atoms with E-state index in [9.17, 15) is 0 Å². The fourth-order valence-electron chi connectivity index (χ4n) is 2.29. The predicted octanol–water partition coefficient (Wildman–Crippen LogP) is 1.16. The van der Waals surface area contributed by atoms with Gasteiger partial charge in [0.25, 0.3) is 0 Å². The molecule has 1 aliphatic carbocycles. The molecule has 84 valence electrons. The molecule has 1 N–H and O–H groups in total. The Bertz CT molecular complexity index is 472. The molecular weight excluding hydrogens is 202 g/mol. The van der Waals surface area contributed by atoms with Crippen LogP contribution < -0.4 is 5.32 Å². The van der Waals surface area contributed by atoms with Gasteiger partial charge in [0, 0.05) is 18.4 Å². The topological polar surface area (TPSA) is 55.1 Å². The maximum atomic E-state index is 4.17. The molecular formula is C11H15N5. The Morgan fingerprint density at radius 2 is 2.19 bits per heavy atom. The van der Waals surface area contributed by atoms with Crippen LogP contribution in [0, 0.1) is 0 Å². The van der Waals surface area contributed by atoms with E-state index in [4.69, 9.17) is 0 Å². The van der Waals surface area contributed by atoms with Gasteiger partial charge in [-0.15, -0.1) is 10.2 Å². The number of hydrogen-bond donors (Lipinski definition) is 1. The SMILES string of the molecule is c1cn2c(CNC3CCCC3)nnc2cn1. The third kappa shape index (κ3) is 1.78. The van der Waals surface area contributed by atoms with Gasteiger partial charge in [0.1, 0.15) is 0 Å². The van der Waals surface area contributed by atoms with Crippen molar-refractivity contribution in [1.29, 1.82) is 0 Å². The van der Waals surface area contributed by atoms with Gasteiger partial charge in [0.15, 0.2) is 11.5 Å². The number of aromatic nitrogens is 4. The lowest BCUT2D eigenvalue weighted by Crippen LogP contribution is -2.26. The number of hydrogen-bond acceptors (Lipinski definition) is 4. The van der Waals surface area contributed by atoms with Crippen LogP contribution in [0.1, 0.15) is 31.5 Å². The zero-order valence-electron chi connectivity index (χ0n) is 9.13. The lowest BCUT2D eigenvalue weighted by molar-refractivity contribution is 0.511. The molecule has 0 atom stereocenters. The molecule has 5 nitrogen and oxygen atoms in total. The standard InChI is InChI=1S/C11H15N5/c1-2-4-9(3-1)13-8-11-15-14-10-7-12-5-6-16(10)11/h5-7,9,13H,1-4,8H2. The molecule has 1 aliphatic rings. The first-order valence-corrected chi connectivity index (χ1v) is 5.80. The fraction of sp³-hybridized carbons (Fsp3) is 0.545. The fourth-order valence-corrected chi connectivity index (χ4v) is 2.29. The summed E-state index contributed by atoms with van der Waals surface area (Å²) in [5, 5.41) is 11.8. The summed E-state index contributed by atoms with van der Waals surface area (Å²) < 4.78 is 1.98.